The molecule has 0 radical (unpaired) electrons. The summed E-state index contributed by atoms with van der Waals surface area (Å²) in [6.45, 7) is 2.57. The van der Waals surface area contributed by atoms with Gasteiger partial charge in [-0.25, -0.2) is 0 Å². The molecule has 96 valence electrons. The zero-order chi connectivity index (χ0) is 12.8. The minimum absolute atomic E-state index is 0.181. The summed E-state index contributed by atoms with van der Waals surface area (Å²) < 4.78 is 5.19. The maximum Gasteiger partial charge on any atom is 0.292 e. The van der Waals surface area contributed by atoms with Crippen LogP contribution in [0.25, 0.3) is 11.1 Å². The maximum atomic E-state index is 5.48. The van der Waals surface area contributed by atoms with Crippen LogP contribution in [-0.4, -0.2) is 11.2 Å². The molecule has 1 heterocycles. The summed E-state index contributed by atoms with van der Waals surface area (Å²) in [6.07, 6.45) is 5.05. The molecule has 0 spiro atoms. The Labute approximate surface area is 106 Å². The smallest absolute Gasteiger partial charge is 0.292 e. The highest BCUT2D eigenvalue weighted by molar-refractivity contribution is 5.74. The van der Waals surface area contributed by atoms with Gasteiger partial charge in [0.2, 0.25) is 0 Å². The molecule has 2 aromatic rings. The Morgan fingerprint density at radius 1 is 1.50 bits per heavy atom. The van der Waals surface area contributed by atoms with Crippen molar-refractivity contribution in [1.82, 2.24) is 4.98 Å². The summed E-state index contributed by atoms with van der Waals surface area (Å²) in [5.74, 6) is 0. The molecule has 5 heteroatoms. The zero-order valence-electron chi connectivity index (χ0n) is 10.4. The average molecular weight is 247 g/mol. The second-order valence-electron chi connectivity index (χ2n) is 4.06. The van der Waals surface area contributed by atoms with Crippen LogP contribution < -0.4 is 5.73 Å². The van der Waals surface area contributed by atoms with E-state index in [0.29, 0.717) is 12.2 Å². The number of unbranched alkanes of at least 4 members (excludes halogenated alkanes) is 2. The molecular formula is C13H17N3O2. The van der Waals surface area contributed by atoms with Crippen molar-refractivity contribution in [2.45, 2.75) is 32.8 Å². The number of nitrogens with two attached hydrogens (primary N) is 1. The van der Waals surface area contributed by atoms with E-state index >= 15 is 0 Å². The maximum absolute atomic E-state index is 5.48. The molecule has 1 aromatic heterocycles. The van der Waals surface area contributed by atoms with Gasteiger partial charge in [-0.2, -0.15) is 4.98 Å². The van der Waals surface area contributed by atoms with E-state index in [2.05, 4.69) is 17.1 Å². The number of aromatic nitrogens is 1. The highest BCUT2D eigenvalue weighted by Gasteiger charge is 2.03. The number of nitrogen functional groups attached to an aromatic ring is 1. The van der Waals surface area contributed by atoms with E-state index in [1.165, 1.54) is 0 Å². The third-order valence-electron chi connectivity index (χ3n) is 2.54. The van der Waals surface area contributed by atoms with Crippen LogP contribution in [0.4, 0.5) is 6.01 Å². The summed E-state index contributed by atoms with van der Waals surface area (Å²) in [4.78, 5) is 9.26. The number of anilines is 1. The lowest BCUT2D eigenvalue weighted by atomic mass is 10.2. The van der Waals surface area contributed by atoms with Crippen LogP contribution in [0.1, 0.15) is 31.7 Å². The van der Waals surface area contributed by atoms with Crippen molar-refractivity contribution in [1.29, 1.82) is 0 Å². The van der Waals surface area contributed by atoms with Crippen LogP contribution >= 0.6 is 0 Å². The Bertz CT molecular complexity index is 534. The molecule has 1 aromatic carbocycles. The fraction of sp³-hybridized carbons (Fsp3) is 0.385. The van der Waals surface area contributed by atoms with Crippen LogP contribution in [0.5, 0.6) is 0 Å². The number of hydrogen-bond acceptors (Lipinski definition) is 5. The fourth-order valence-corrected chi connectivity index (χ4v) is 1.59. The summed E-state index contributed by atoms with van der Waals surface area (Å²) in [5, 5.41) is 3.90. The van der Waals surface area contributed by atoms with Crippen LogP contribution in [0, 0.1) is 0 Å². The largest absolute Gasteiger partial charge is 0.424 e. The monoisotopic (exact) mass is 247 g/mol. The number of rotatable bonds is 6. The highest BCUT2D eigenvalue weighted by atomic mass is 16.6. The molecule has 5 nitrogen and oxygen atoms in total. The van der Waals surface area contributed by atoms with Crippen molar-refractivity contribution in [3.63, 3.8) is 0 Å². The zero-order valence-corrected chi connectivity index (χ0v) is 10.4. The molecule has 0 aliphatic heterocycles. The van der Waals surface area contributed by atoms with E-state index in [4.69, 9.17) is 15.0 Å². The Kier molecular flexibility index (Phi) is 4.17. The topological polar surface area (TPSA) is 73.6 Å². The van der Waals surface area contributed by atoms with E-state index < -0.39 is 0 Å². The van der Waals surface area contributed by atoms with Crippen molar-refractivity contribution >= 4 is 23.3 Å². The van der Waals surface area contributed by atoms with Gasteiger partial charge < -0.3 is 15.0 Å². The minimum Gasteiger partial charge on any atom is -0.424 e. The summed E-state index contributed by atoms with van der Waals surface area (Å²) >= 11 is 0. The Morgan fingerprint density at radius 3 is 3.22 bits per heavy atom. The van der Waals surface area contributed by atoms with Gasteiger partial charge in [0.05, 0.1) is 0 Å². The van der Waals surface area contributed by atoms with E-state index in [9.17, 15) is 0 Å². The Hall–Kier alpha value is -2.04. The van der Waals surface area contributed by atoms with Crippen molar-refractivity contribution in [3.8, 4) is 0 Å². The minimum atomic E-state index is 0.181. The van der Waals surface area contributed by atoms with E-state index in [1.54, 1.807) is 6.21 Å². The van der Waals surface area contributed by atoms with Gasteiger partial charge in [-0.3, -0.25) is 0 Å². The molecule has 0 saturated carbocycles. The molecule has 0 atom stereocenters. The quantitative estimate of drug-likeness (QED) is 0.483. The predicted octanol–water partition coefficient (Wildman–Crippen LogP) is 3.10. The van der Waals surface area contributed by atoms with Gasteiger partial charge in [0.25, 0.3) is 6.01 Å². The molecule has 0 aliphatic rings. The number of oxazole rings is 1. The third kappa shape index (κ3) is 3.23. The van der Waals surface area contributed by atoms with Gasteiger partial charge in [-0.15, -0.1) is 0 Å². The Morgan fingerprint density at radius 2 is 2.39 bits per heavy atom. The number of fused-ring (bicyclic) bond motifs is 1. The van der Waals surface area contributed by atoms with Crippen molar-refractivity contribution in [2.75, 3.05) is 5.73 Å². The molecule has 0 saturated heterocycles. The van der Waals surface area contributed by atoms with Crippen LogP contribution in [0.3, 0.4) is 0 Å². The number of oxime groups is 1. The van der Waals surface area contributed by atoms with Gasteiger partial charge in [0.15, 0.2) is 5.58 Å². The molecule has 0 bridgehead atoms. The molecular weight excluding hydrogens is 230 g/mol. The van der Waals surface area contributed by atoms with Crippen LogP contribution in [0.2, 0.25) is 0 Å². The molecule has 2 rings (SSSR count). The Balaban J connectivity index is 1.89. The predicted molar refractivity (Wildman–Crippen MR) is 71.2 cm³/mol. The van der Waals surface area contributed by atoms with E-state index in [1.807, 2.05) is 18.2 Å². The van der Waals surface area contributed by atoms with E-state index in [0.717, 1.165) is 30.3 Å². The molecule has 2 N–H and O–H groups in total. The van der Waals surface area contributed by atoms with Crippen molar-refractivity contribution < 1.29 is 9.25 Å². The standard InChI is InChI=1S/C13H17N3O2/c1-2-3-4-7-15-17-9-10-5-6-12-11(8-10)16-13(14)18-12/h5-8H,2-4,9H2,1H3,(H2,14,16). The summed E-state index contributed by atoms with van der Waals surface area (Å²) in [7, 11) is 0. The van der Waals surface area contributed by atoms with Crippen molar-refractivity contribution in [3.05, 3.63) is 23.8 Å². The first kappa shape index (κ1) is 12.4. The second-order valence-corrected chi connectivity index (χ2v) is 4.06. The SMILES string of the molecule is CCCCC=NOCc1ccc2oc(N)nc2c1. The molecule has 0 fully saturated rings. The first-order chi connectivity index (χ1) is 8.79. The van der Waals surface area contributed by atoms with Gasteiger partial charge in [0.1, 0.15) is 12.1 Å². The number of nitrogens with zero attached hydrogens (tertiary/aromatic N) is 2. The fourth-order valence-electron chi connectivity index (χ4n) is 1.59. The second kappa shape index (κ2) is 6.05. The van der Waals surface area contributed by atoms with Crippen molar-refractivity contribution in [2.24, 2.45) is 5.16 Å². The number of benzene rings is 1. The lowest BCUT2D eigenvalue weighted by molar-refractivity contribution is 0.131. The van der Waals surface area contributed by atoms with E-state index in [-0.39, 0.29) is 6.01 Å². The summed E-state index contributed by atoms with van der Waals surface area (Å²) in [6, 6.07) is 5.81. The lowest BCUT2D eigenvalue weighted by Crippen LogP contribution is -1.87. The molecule has 0 aliphatic carbocycles. The lowest BCUT2D eigenvalue weighted by Gasteiger charge is -1.99. The van der Waals surface area contributed by atoms with Crippen LogP contribution in [-0.2, 0) is 11.4 Å². The van der Waals surface area contributed by atoms with Gasteiger partial charge >= 0.3 is 0 Å². The normalized spacial score (nSPS) is 11.4. The first-order valence-corrected chi connectivity index (χ1v) is 6.08. The van der Waals surface area contributed by atoms with Gasteiger partial charge in [0, 0.05) is 6.21 Å². The highest BCUT2D eigenvalue weighted by Crippen LogP contribution is 2.18. The van der Waals surface area contributed by atoms with Crippen LogP contribution in [0.15, 0.2) is 27.8 Å². The molecule has 0 unspecified atom stereocenters. The van der Waals surface area contributed by atoms with Gasteiger partial charge in [-0.1, -0.05) is 24.6 Å². The first-order valence-electron chi connectivity index (χ1n) is 6.08. The molecule has 0 amide bonds. The molecule has 18 heavy (non-hydrogen) atoms. The number of hydrogen-bond donors (Lipinski definition) is 1. The average Bonchev–Trinajstić information content (AvgIpc) is 2.73. The summed E-state index contributed by atoms with van der Waals surface area (Å²) in [5.41, 5.74) is 7.89. The third-order valence-corrected chi connectivity index (χ3v) is 2.54. The van der Waals surface area contributed by atoms with Gasteiger partial charge in [-0.05, 0) is 30.5 Å².